The van der Waals surface area contributed by atoms with Crippen molar-refractivity contribution in [1.29, 1.82) is 10.5 Å². The molecule has 0 amide bonds. The lowest BCUT2D eigenvalue weighted by atomic mass is 10.0. The van der Waals surface area contributed by atoms with Crippen molar-refractivity contribution >= 4 is 38.8 Å². The van der Waals surface area contributed by atoms with E-state index in [2.05, 4.69) is 114 Å². The highest BCUT2D eigenvalue weighted by Crippen LogP contribution is 2.35. The molecule has 0 aliphatic rings. The lowest BCUT2D eigenvalue weighted by Gasteiger charge is -2.13. The Balaban J connectivity index is 1.38. The van der Waals surface area contributed by atoms with Crippen molar-refractivity contribution in [2.45, 2.75) is 6.92 Å². The number of aromatic nitrogens is 2. The standard InChI is InChI=1S/C39H26N4/c1-3-27(24-40)20-35-26(2)42(37-16-6-4-14-33(35)37)31-12-8-10-29(22-31)30-11-9-13-32(23-30)43-38-17-7-5-15-34(38)36-21-28(25-41)18-19-39(36)43/h3-23H,1H2,2H3/b27-20+. The van der Waals surface area contributed by atoms with Gasteiger partial charge in [-0.25, -0.2) is 0 Å². The second kappa shape index (κ2) is 10.4. The van der Waals surface area contributed by atoms with Crippen molar-refractivity contribution in [2.75, 3.05) is 0 Å². The van der Waals surface area contributed by atoms with Crippen LogP contribution in [-0.2, 0) is 0 Å². The maximum absolute atomic E-state index is 9.56. The molecule has 0 bridgehead atoms. The van der Waals surface area contributed by atoms with Crippen LogP contribution in [0.15, 0.2) is 133 Å². The third kappa shape index (κ3) is 4.22. The molecule has 0 saturated carbocycles. The van der Waals surface area contributed by atoms with E-state index in [9.17, 15) is 10.5 Å². The molecule has 0 fully saturated rings. The molecular formula is C39H26N4. The van der Waals surface area contributed by atoms with Crippen molar-refractivity contribution in [3.8, 4) is 34.6 Å². The Morgan fingerprint density at radius 2 is 1.26 bits per heavy atom. The van der Waals surface area contributed by atoms with Gasteiger partial charge >= 0.3 is 0 Å². The topological polar surface area (TPSA) is 57.4 Å². The van der Waals surface area contributed by atoms with Gasteiger partial charge in [-0.15, -0.1) is 0 Å². The fraction of sp³-hybridized carbons (Fsp3) is 0.0256. The quantitative estimate of drug-likeness (QED) is 0.158. The summed E-state index contributed by atoms with van der Waals surface area (Å²) in [6.45, 7) is 5.90. The van der Waals surface area contributed by atoms with E-state index in [4.69, 9.17) is 0 Å². The Morgan fingerprint density at radius 1 is 0.651 bits per heavy atom. The number of hydrogen-bond acceptors (Lipinski definition) is 2. The highest BCUT2D eigenvalue weighted by molar-refractivity contribution is 6.09. The van der Waals surface area contributed by atoms with Crippen molar-refractivity contribution in [3.05, 3.63) is 150 Å². The van der Waals surface area contributed by atoms with Crippen LogP contribution in [-0.4, -0.2) is 9.13 Å². The van der Waals surface area contributed by atoms with Gasteiger partial charge in [0.05, 0.1) is 39.8 Å². The number of nitriles is 2. The van der Waals surface area contributed by atoms with Gasteiger partial charge in [0.15, 0.2) is 0 Å². The molecule has 0 unspecified atom stereocenters. The van der Waals surface area contributed by atoms with E-state index in [-0.39, 0.29) is 0 Å². The second-order valence-corrected chi connectivity index (χ2v) is 10.6. The van der Waals surface area contributed by atoms with Crippen LogP contribution < -0.4 is 0 Å². The summed E-state index contributed by atoms with van der Waals surface area (Å²) in [4.78, 5) is 0. The minimum absolute atomic E-state index is 0.533. The number of para-hydroxylation sites is 2. The Kier molecular flexibility index (Phi) is 6.24. The van der Waals surface area contributed by atoms with Gasteiger partial charge in [0.1, 0.15) is 0 Å². The molecule has 0 saturated heterocycles. The minimum Gasteiger partial charge on any atom is -0.313 e. The van der Waals surface area contributed by atoms with E-state index in [0.717, 1.165) is 66.5 Å². The third-order valence-electron chi connectivity index (χ3n) is 8.15. The maximum Gasteiger partial charge on any atom is 0.0991 e. The Hall–Kier alpha value is -6.10. The minimum atomic E-state index is 0.533. The van der Waals surface area contributed by atoms with Gasteiger partial charge in [0.25, 0.3) is 0 Å². The van der Waals surface area contributed by atoms with Gasteiger partial charge in [0.2, 0.25) is 0 Å². The molecule has 202 valence electrons. The Labute approximate surface area is 249 Å². The van der Waals surface area contributed by atoms with Gasteiger partial charge in [-0.1, -0.05) is 73.3 Å². The summed E-state index contributed by atoms with van der Waals surface area (Å²) < 4.78 is 4.53. The van der Waals surface area contributed by atoms with E-state index in [1.807, 2.05) is 42.5 Å². The molecule has 2 heterocycles. The number of rotatable bonds is 5. The van der Waals surface area contributed by atoms with Crippen molar-refractivity contribution in [3.63, 3.8) is 0 Å². The first-order valence-corrected chi connectivity index (χ1v) is 14.1. The first kappa shape index (κ1) is 25.8. The fourth-order valence-electron chi connectivity index (χ4n) is 6.17. The third-order valence-corrected chi connectivity index (χ3v) is 8.15. The zero-order chi connectivity index (χ0) is 29.5. The van der Waals surface area contributed by atoms with Gasteiger partial charge in [0, 0.05) is 38.8 Å². The van der Waals surface area contributed by atoms with Gasteiger partial charge in [-0.3, -0.25) is 0 Å². The van der Waals surface area contributed by atoms with E-state index < -0.39 is 0 Å². The number of fused-ring (bicyclic) bond motifs is 4. The van der Waals surface area contributed by atoms with E-state index >= 15 is 0 Å². The molecule has 0 radical (unpaired) electrons. The van der Waals surface area contributed by atoms with Crippen molar-refractivity contribution in [1.82, 2.24) is 9.13 Å². The fourth-order valence-corrected chi connectivity index (χ4v) is 6.17. The molecule has 0 atom stereocenters. The van der Waals surface area contributed by atoms with Crippen LogP contribution in [0.3, 0.4) is 0 Å². The van der Waals surface area contributed by atoms with Gasteiger partial charge in [-0.2, -0.15) is 10.5 Å². The SMILES string of the molecule is C=C/C(C#N)=C\c1c(C)n(-c2cccc(-c3cccc(-n4c5ccccc5c5cc(C#N)ccc54)c3)c2)c2ccccc12. The molecule has 0 aliphatic heterocycles. The van der Waals surface area contributed by atoms with Gasteiger partial charge in [-0.05, 0) is 78.7 Å². The number of benzene rings is 5. The van der Waals surface area contributed by atoms with Crippen LogP contribution in [0, 0.1) is 29.6 Å². The highest BCUT2D eigenvalue weighted by atomic mass is 15.0. The number of hydrogen-bond donors (Lipinski definition) is 0. The molecule has 4 heteroatoms. The zero-order valence-corrected chi connectivity index (χ0v) is 23.6. The molecule has 0 aliphatic carbocycles. The number of nitrogens with zero attached hydrogens (tertiary/aromatic N) is 4. The average molecular weight is 551 g/mol. The molecule has 2 aromatic heterocycles. The molecule has 4 nitrogen and oxygen atoms in total. The number of allylic oxidation sites excluding steroid dienone is 2. The first-order chi connectivity index (χ1) is 21.1. The largest absolute Gasteiger partial charge is 0.313 e. The monoisotopic (exact) mass is 550 g/mol. The summed E-state index contributed by atoms with van der Waals surface area (Å²) in [5.74, 6) is 0. The predicted octanol–water partition coefficient (Wildman–Crippen LogP) is 9.67. The molecule has 0 N–H and O–H groups in total. The maximum atomic E-state index is 9.56. The van der Waals surface area contributed by atoms with Crippen LogP contribution >= 0.6 is 0 Å². The summed E-state index contributed by atoms with van der Waals surface area (Å²) >= 11 is 0. The highest BCUT2D eigenvalue weighted by Gasteiger charge is 2.16. The Morgan fingerprint density at radius 3 is 1.91 bits per heavy atom. The smallest absolute Gasteiger partial charge is 0.0991 e. The van der Waals surface area contributed by atoms with Crippen LogP contribution in [0.2, 0.25) is 0 Å². The molecule has 43 heavy (non-hydrogen) atoms. The average Bonchev–Trinajstić information content (AvgIpc) is 3.54. The molecule has 0 spiro atoms. The molecular weight excluding hydrogens is 524 g/mol. The summed E-state index contributed by atoms with van der Waals surface area (Å²) in [7, 11) is 0. The zero-order valence-electron chi connectivity index (χ0n) is 23.6. The summed E-state index contributed by atoms with van der Waals surface area (Å²) in [6.07, 6.45) is 3.51. The first-order valence-electron chi connectivity index (χ1n) is 14.1. The lowest BCUT2D eigenvalue weighted by molar-refractivity contribution is 1.05. The van der Waals surface area contributed by atoms with Crippen LogP contribution in [0.1, 0.15) is 16.8 Å². The van der Waals surface area contributed by atoms with E-state index in [1.54, 1.807) is 6.08 Å². The summed E-state index contributed by atoms with van der Waals surface area (Å²) in [5.41, 5.74) is 10.8. The Bertz CT molecular complexity index is 2350. The lowest BCUT2D eigenvalue weighted by Crippen LogP contribution is -1.98. The second-order valence-electron chi connectivity index (χ2n) is 10.6. The molecule has 7 aromatic rings. The van der Waals surface area contributed by atoms with E-state index in [0.29, 0.717) is 11.1 Å². The van der Waals surface area contributed by atoms with Crippen LogP contribution in [0.5, 0.6) is 0 Å². The van der Waals surface area contributed by atoms with Crippen LogP contribution in [0.4, 0.5) is 0 Å². The predicted molar refractivity (Wildman–Crippen MR) is 176 cm³/mol. The van der Waals surface area contributed by atoms with Crippen molar-refractivity contribution < 1.29 is 0 Å². The van der Waals surface area contributed by atoms with Crippen molar-refractivity contribution in [2.24, 2.45) is 0 Å². The molecule has 7 rings (SSSR count). The van der Waals surface area contributed by atoms with Gasteiger partial charge < -0.3 is 9.13 Å². The molecule has 5 aromatic carbocycles. The summed E-state index contributed by atoms with van der Waals surface area (Å²) in [6, 6.07) is 44.2. The van der Waals surface area contributed by atoms with E-state index in [1.165, 1.54) is 0 Å². The van der Waals surface area contributed by atoms with Crippen LogP contribution in [0.25, 0.3) is 61.3 Å². The summed E-state index contributed by atoms with van der Waals surface area (Å²) in [5, 5.41) is 22.4. The normalized spacial score (nSPS) is 11.6.